The van der Waals surface area contributed by atoms with E-state index in [2.05, 4.69) is 5.32 Å². The monoisotopic (exact) mass is 323 g/mol. The highest BCUT2D eigenvalue weighted by atomic mass is 35.5. The molecule has 2 unspecified atom stereocenters. The van der Waals surface area contributed by atoms with Crippen molar-refractivity contribution in [2.75, 3.05) is 6.61 Å². The Balaban J connectivity index is 2.18. The molecule has 0 aliphatic carbocycles. The molecule has 0 saturated carbocycles. The SMILES string of the molecule is CCC(C)C(NC(=O)C1=Cc2cc(Cl)ccc2OC1)C(=O)O. The number of hydrogen-bond donors (Lipinski definition) is 2. The topological polar surface area (TPSA) is 75.6 Å². The predicted molar refractivity (Wildman–Crippen MR) is 83.9 cm³/mol. The fraction of sp³-hybridized carbons (Fsp3) is 0.375. The molecule has 118 valence electrons. The first-order chi connectivity index (χ1) is 10.4. The van der Waals surface area contributed by atoms with Crippen molar-refractivity contribution in [3.05, 3.63) is 34.4 Å². The van der Waals surface area contributed by atoms with Crippen LogP contribution in [0.2, 0.25) is 5.02 Å². The van der Waals surface area contributed by atoms with Gasteiger partial charge in [-0.15, -0.1) is 0 Å². The summed E-state index contributed by atoms with van der Waals surface area (Å²) in [5.41, 5.74) is 1.09. The molecule has 2 rings (SSSR count). The molecule has 5 nitrogen and oxygen atoms in total. The van der Waals surface area contributed by atoms with Crippen LogP contribution in [0, 0.1) is 5.92 Å². The lowest BCUT2D eigenvalue weighted by Crippen LogP contribution is -2.46. The minimum atomic E-state index is -1.04. The molecule has 2 atom stereocenters. The van der Waals surface area contributed by atoms with E-state index in [9.17, 15) is 14.7 Å². The Hall–Kier alpha value is -2.01. The normalized spacial score (nSPS) is 15.9. The zero-order chi connectivity index (χ0) is 16.3. The van der Waals surface area contributed by atoms with Crippen molar-refractivity contribution in [2.24, 2.45) is 5.92 Å². The van der Waals surface area contributed by atoms with E-state index in [1.165, 1.54) is 0 Å². The Kier molecular flexibility index (Phi) is 5.08. The highest BCUT2D eigenvalue weighted by Gasteiger charge is 2.27. The molecule has 1 aliphatic rings. The van der Waals surface area contributed by atoms with Crippen LogP contribution >= 0.6 is 11.6 Å². The van der Waals surface area contributed by atoms with Gasteiger partial charge in [-0.05, 0) is 30.2 Å². The van der Waals surface area contributed by atoms with Crippen molar-refractivity contribution < 1.29 is 19.4 Å². The van der Waals surface area contributed by atoms with Gasteiger partial charge in [0.05, 0.1) is 5.57 Å². The number of fused-ring (bicyclic) bond motifs is 1. The van der Waals surface area contributed by atoms with Gasteiger partial charge in [0.15, 0.2) is 0 Å². The molecule has 1 aromatic rings. The van der Waals surface area contributed by atoms with E-state index in [-0.39, 0.29) is 12.5 Å². The number of benzene rings is 1. The minimum absolute atomic E-state index is 0.104. The molecule has 2 N–H and O–H groups in total. The maximum absolute atomic E-state index is 12.3. The molecule has 1 heterocycles. The summed E-state index contributed by atoms with van der Waals surface area (Å²) in [7, 11) is 0. The number of halogens is 1. The van der Waals surface area contributed by atoms with Crippen LogP contribution in [0.25, 0.3) is 6.08 Å². The largest absolute Gasteiger partial charge is 0.488 e. The molecule has 1 aliphatic heterocycles. The Labute approximate surface area is 133 Å². The molecular weight excluding hydrogens is 306 g/mol. The second-order valence-corrected chi connectivity index (χ2v) is 5.75. The Morgan fingerprint density at radius 1 is 1.45 bits per heavy atom. The van der Waals surface area contributed by atoms with Gasteiger partial charge in [-0.3, -0.25) is 4.79 Å². The number of aliphatic carboxylic acids is 1. The summed E-state index contributed by atoms with van der Waals surface area (Å²) in [6, 6.07) is 4.23. The van der Waals surface area contributed by atoms with E-state index in [0.29, 0.717) is 28.3 Å². The van der Waals surface area contributed by atoms with Gasteiger partial charge in [0, 0.05) is 10.6 Å². The molecule has 0 spiro atoms. The molecule has 1 aromatic carbocycles. The Bertz CT molecular complexity index is 627. The molecular formula is C16H18ClNO4. The zero-order valence-corrected chi connectivity index (χ0v) is 13.2. The molecule has 0 aromatic heterocycles. The summed E-state index contributed by atoms with van der Waals surface area (Å²) >= 11 is 5.93. The van der Waals surface area contributed by atoms with Crippen molar-refractivity contribution in [3.63, 3.8) is 0 Å². The quantitative estimate of drug-likeness (QED) is 0.873. The lowest BCUT2D eigenvalue weighted by molar-refractivity contribution is -0.142. The number of rotatable bonds is 5. The third-order valence-corrected chi connectivity index (χ3v) is 3.98. The number of carbonyl (C=O) groups excluding carboxylic acids is 1. The van der Waals surface area contributed by atoms with E-state index in [0.717, 1.165) is 0 Å². The first kappa shape index (κ1) is 16.4. The number of nitrogens with one attached hydrogen (secondary N) is 1. The molecule has 6 heteroatoms. The van der Waals surface area contributed by atoms with Crippen molar-refractivity contribution in [3.8, 4) is 5.75 Å². The van der Waals surface area contributed by atoms with Gasteiger partial charge >= 0.3 is 5.97 Å². The summed E-state index contributed by atoms with van der Waals surface area (Å²) in [5.74, 6) is -0.979. The highest BCUT2D eigenvalue weighted by Crippen LogP contribution is 2.29. The summed E-state index contributed by atoms with van der Waals surface area (Å²) in [4.78, 5) is 23.6. The first-order valence-corrected chi connectivity index (χ1v) is 7.46. The number of hydrogen-bond acceptors (Lipinski definition) is 3. The number of carboxylic acids is 1. The third kappa shape index (κ3) is 3.60. The molecule has 0 saturated heterocycles. The summed E-state index contributed by atoms with van der Waals surface area (Å²) in [5, 5.41) is 12.3. The molecule has 0 bridgehead atoms. The zero-order valence-electron chi connectivity index (χ0n) is 12.4. The molecule has 1 amide bonds. The first-order valence-electron chi connectivity index (χ1n) is 7.09. The predicted octanol–water partition coefficient (Wildman–Crippen LogP) is 2.73. The molecule has 0 fully saturated rings. The van der Waals surface area contributed by atoms with Crippen LogP contribution in [0.15, 0.2) is 23.8 Å². The number of carboxylic acid groups (broad SMARTS) is 1. The van der Waals surface area contributed by atoms with Crippen LogP contribution < -0.4 is 10.1 Å². The average Bonchev–Trinajstić information content (AvgIpc) is 2.50. The van der Waals surface area contributed by atoms with Crippen molar-refractivity contribution in [1.29, 1.82) is 0 Å². The van der Waals surface area contributed by atoms with Crippen molar-refractivity contribution >= 4 is 29.6 Å². The fourth-order valence-electron chi connectivity index (χ4n) is 2.20. The number of amides is 1. The van der Waals surface area contributed by atoms with E-state index in [1.54, 1.807) is 31.2 Å². The van der Waals surface area contributed by atoms with Gasteiger partial charge in [0.1, 0.15) is 18.4 Å². The summed E-state index contributed by atoms with van der Waals surface area (Å²) in [6.45, 7) is 3.78. The van der Waals surface area contributed by atoms with Gasteiger partial charge in [-0.2, -0.15) is 0 Å². The smallest absolute Gasteiger partial charge is 0.326 e. The van der Waals surface area contributed by atoms with Gasteiger partial charge < -0.3 is 15.2 Å². The fourth-order valence-corrected chi connectivity index (χ4v) is 2.38. The third-order valence-electron chi connectivity index (χ3n) is 3.74. The van der Waals surface area contributed by atoms with Crippen LogP contribution in [0.5, 0.6) is 5.75 Å². The lowest BCUT2D eigenvalue weighted by Gasteiger charge is -2.22. The van der Waals surface area contributed by atoms with Crippen LogP contribution in [-0.4, -0.2) is 29.6 Å². The van der Waals surface area contributed by atoms with Crippen LogP contribution in [0.3, 0.4) is 0 Å². The van der Waals surface area contributed by atoms with Crippen molar-refractivity contribution in [1.82, 2.24) is 5.32 Å². The van der Waals surface area contributed by atoms with Crippen LogP contribution in [0.1, 0.15) is 25.8 Å². The van der Waals surface area contributed by atoms with Crippen molar-refractivity contribution in [2.45, 2.75) is 26.3 Å². The van der Waals surface area contributed by atoms with Gasteiger partial charge in [0.25, 0.3) is 5.91 Å². The van der Waals surface area contributed by atoms with Gasteiger partial charge in [-0.25, -0.2) is 4.79 Å². The average molecular weight is 324 g/mol. The Morgan fingerprint density at radius 2 is 2.18 bits per heavy atom. The van der Waals surface area contributed by atoms with E-state index < -0.39 is 17.9 Å². The second-order valence-electron chi connectivity index (χ2n) is 5.32. The maximum atomic E-state index is 12.3. The molecule has 22 heavy (non-hydrogen) atoms. The standard InChI is InChI=1S/C16H18ClNO4/c1-3-9(2)14(16(20)21)18-15(19)11-6-10-7-12(17)4-5-13(10)22-8-11/h4-7,9,14H,3,8H2,1-2H3,(H,18,19)(H,20,21). The number of carbonyl (C=O) groups is 2. The second kappa shape index (κ2) is 6.83. The highest BCUT2D eigenvalue weighted by molar-refractivity contribution is 6.30. The van der Waals surface area contributed by atoms with E-state index >= 15 is 0 Å². The van der Waals surface area contributed by atoms with Crippen LogP contribution in [0.4, 0.5) is 0 Å². The summed E-state index contributed by atoms with van der Waals surface area (Å²) < 4.78 is 5.51. The lowest BCUT2D eigenvalue weighted by atomic mass is 9.98. The summed E-state index contributed by atoms with van der Waals surface area (Å²) in [6.07, 6.45) is 2.33. The van der Waals surface area contributed by atoms with Crippen LogP contribution in [-0.2, 0) is 9.59 Å². The van der Waals surface area contributed by atoms with Gasteiger partial charge in [-0.1, -0.05) is 31.9 Å². The molecule has 0 radical (unpaired) electrons. The minimum Gasteiger partial charge on any atom is -0.488 e. The van der Waals surface area contributed by atoms with E-state index in [4.69, 9.17) is 16.3 Å². The van der Waals surface area contributed by atoms with Gasteiger partial charge in [0.2, 0.25) is 0 Å². The Morgan fingerprint density at radius 3 is 2.82 bits per heavy atom. The van der Waals surface area contributed by atoms with E-state index in [1.807, 2.05) is 6.92 Å². The maximum Gasteiger partial charge on any atom is 0.326 e. The number of ether oxygens (including phenoxy) is 1.